The monoisotopic (exact) mass is 329 g/mol. The van der Waals surface area contributed by atoms with Crippen LogP contribution >= 0.6 is 0 Å². The summed E-state index contributed by atoms with van der Waals surface area (Å²) < 4.78 is 2.16. The molecule has 0 unspecified atom stereocenters. The number of piperidine rings is 2. The third-order valence-electron chi connectivity index (χ3n) is 6.18. The van der Waals surface area contributed by atoms with E-state index in [0.717, 1.165) is 51.1 Å². The van der Waals surface area contributed by atoms with Crippen molar-refractivity contribution < 1.29 is 9.59 Å². The number of carbonyl (C=O) groups is 2. The van der Waals surface area contributed by atoms with E-state index >= 15 is 0 Å². The smallest absolute Gasteiger partial charge is 0.270 e. The standard InChI is InChI=1S/C19H27N3O2/c1-2-20-14-19(8-7-17(20)23)9-12-21(13-10-19)18(24)16-4-3-11-22(16)15-5-6-15/h3-4,11,15H,2,5-10,12-14H2,1H3. The summed E-state index contributed by atoms with van der Waals surface area (Å²) in [6, 6.07) is 4.49. The molecule has 0 bridgehead atoms. The van der Waals surface area contributed by atoms with Crippen LogP contribution in [-0.2, 0) is 4.79 Å². The van der Waals surface area contributed by atoms with E-state index < -0.39 is 0 Å². The van der Waals surface area contributed by atoms with Gasteiger partial charge >= 0.3 is 0 Å². The molecule has 0 radical (unpaired) electrons. The Balaban J connectivity index is 1.41. The van der Waals surface area contributed by atoms with Gasteiger partial charge in [-0.3, -0.25) is 9.59 Å². The van der Waals surface area contributed by atoms with E-state index in [4.69, 9.17) is 0 Å². The van der Waals surface area contributed by atoms with Gasteiger partial charge < -0.3 is 14.4 Å². The number of nitrogens with zero attached hydrogens (tertiary/aromatic N) is 3. The third-order valence-corrected chi connectivity index (χ3v) is 6.18. The van der Waals surface area contributed by atoms with Crippen molar-refractivity contribution in [3.05, 3.63) is 24.0 Å². The molecule has 1 aromatic rings. The van der Waals surface area contributed by atoms with Crippen LogP contribution in [0, 0.1) is 5.41 Å². The zero-order valence-electron chi connectivity index (χ0n) is 14.5. The number of rotatable bonds is 3. The Morgan fingerprint density at radius 1 is 1.25 bits per heavy atom. The lowest BCUT2D eigenvalue weighted by Crippen LogP contribution is -2.52. The van der Waals surface area contributed by atoms with E-state index in [9.17, 15) is 9.59 Å². The first-order chi connectivity index (χ1) is 11.6. The molecule has 2 saturated heterocycles. The number of amides is 2. The van der Waals surface area contributed by atoms with Crippen molar-refractivity contribution in [1.29, 1.82) is 0 Å². The molecular weight excluding hydrogens is 302 g/mol. The van der Waals surface area contributed by atoms with Crippen molar-refractivity contribution in [2.45, 2.75) is 51.5 Å². The van der Waals surface area contributed by atoms with Crippen molar-refractivity contribution in [3.63, 3.8) is 0 Å². The lowest BCUT2D eigenvalue weighted by Gasteiger charge is -2.47. The molecule has 3 heterocycles. The summed E-state index contributed by atoms with van der Waals surface area (Å²) >= 11 is 0. The Kier molecular flexibility index (Phi) is 3.89. The van der Waals surface area contributed by atoms with E-state index in [2.05, 4.69) is 11.5 Å². The molecule has 1 saturated carbocycles. The number of aromatic nitrogens is 1. The summed E-state index contributed by atoms with van der Waals surface area (Å²) in [5.41, 5.74) is 1.08. The number of hydrogen-bond acceptors (Lipinski definition) is 2. The molecule has 2 amide bonds. The predicted octanol–water partition coefficient (Wildman–Crippen LogP) is 2.69. The molecule has 24 heavy (non-hydrogen) atoms. The third kappa shape index (κ3) is 2.74. The van der Waals surface area contributed by atoms with Crippen molar-refractivity contribution in [3.8, 4) is 0 Å². The summed E-state index contributed by atoms with van der Waals surface area (Å²) in [7, 11) is 0. The number of carbonyl (C=O) groups excluding carboxylic acids is 2. The van der Waals surface area contributed by atoms with Crippen molar-refractivity contribution in [2.24, 2.45) is 5.41 Å². The maximum Gasteiger partial charge on any atom is 0.270 e. The van der Waals surface area contributed by atoms with Crippen LogP contribution in [0.2, 0.25) is 0 Å². The van der Waals surface area contributed by atoms with Crippen LogP contribution in [0.1, 0.15) is 62.0 Å². The molecule has 1 aromatic heterocycles. The lowest BCUT2D eigenvalue weighted by atomic mass is 9.72. The minimum absolute atomic E-state index is 0.181. The summed E-state index contributed by atoms with van der Waals surface area (Å²) in [4.78, 5) is 28.9. The maximum absolute atomic E-state index is 12.9. The van der Waals surface area contributed by atoms with Gasteiger partial charge in [0.25, 0.3) is 5.91 Å². The quantitative estimate of drug-likeness (QED) is 0.856. The predicted molar refractivity (Wildman–Crippen MR) is 91.8 cm³/mol. The Hall–Kier alpha value is -1.78. The summed E-state index contributed by atoms with van der Waals surface area (Å²) in [6.45, 7) is 5.38. The maximum atomic E-state index is 12.9. The molecule has 3 fully saturated rings. The van der Waals surface area contributed by atoms with Crippen LogP contribution in [-0.4, -0.2) is 52.4 Å². The van der Waals surface area contributed by atoms with E-state index in [1.807, 2.05) is 28.1 Å². The molecule has 4 rings (SSSR count). The van der Waals surface area contributed by atoms with Crippen LogP contribution in [0.25, 0.3) is 0 Å². The Bertz CT molecular complexity index is 639. The van der Waals surface area contributed by atoms with Gasteiger partial charge in [-0.05, 0) is 56.6 Å². The van der Waals surface area contributed by atoms with Gasteiger partial charge in [-0.15, -0.1) is 0 Å². The Labute approximate surface area is 143 Å². The molecule has 0 atom stereocenters. The van der Waals surface area contributed by atoms with E-state index in [0.29, 0.717) is 18.4 Å². The molecule has 5 heteroatoms. The van der Waals surface area contributed by atoms with Gasteiger partial charge in [0.05, 0.1) is 0 Å². The average Bonchev–Trinajstić information content (AvgIpc) is 3.34. The zero-order valence-corrected chi connectivity index (χ0v) is 14.5. The highest BCUT2D eigenvalue weighted by molar-refractivity contribution is 5.93. The number of hydrogen-bond donors (Lipinski definition) is 0. The molecule has 3 aliphatic rings. The summed E-state index contributed by atoms with van der Waals surface area (Å²) in [5, 5.41) is 0. The van der Waals surface area contributed by atoms with Crippen LogP contribution in [0.3, 0.4) is 0 Å². The zero-order chi connectivity index (χ0) is 16.7. The van der Waals surface area contributed by atoms with Gasteiger partial charge in [0.1, 0.15) is 5.69 Å². The first kappa shape index (κ1) is 15.7. The molecule has 0 aromatic carbocycles. The SMILES string of the molecule is CCN1CC2(CCC1=O)CCN(C(=O)c1cccn1C1CC1)CC2. The molecule has 1 spiro atoms. The van der Waals surface area contributed by atoms with Crippen LogP contribution in [0.5, 0.6) is 0 Å². The van der Waals surface area contributed by atoms with E-state index in [1.54, 1.807) is 0 Å². The average molecular weight is 329 g/mol. The first-order valence-corrected chi connectivity index (χ1v) is 9.36. The fraction of sp³-hybridized carbons (Fsp3) is 0.684. The lowest BCUT2D eigenvalue weighted by molar-refractivity contribution is -0.138. The molecule has 0 N–H and O–H groups in total. The Morgan fingerprint density at radius 2 is 2.00 bits per heavy atom. The molecule has 130 valence electrons. The molecule has 5 nitrogen and oxygen atoms in total. The largest absolute Gasteiger partial charge is 0.342 e. The first-order valence-electron chi connectivity index (χ1n) is 9.36. The minimum Gasteiger partial charge on any atom is -0.342 e. The van der Waals surface area contributed by atoms with Crippen LogP contribution in [0.4, 0.5) is 0 Å². The van der Waals surface area contributed by atoms with Gasteiger partial charge in [0.15, 0.2) is 0 Å². The highest BCUT2D eigenvalue weighted by Gasteiger charge is 2.41. The van der Waals surface area contributed by atoms with Gasteiger partial charge in [-0.25, -0.2) is 0 Å². The van der Waals surface area contributed by atoms with Gasteiger partial charge in [-0.2, -0.15) is 0 Å². The van der Waals surface area contributed by atoms with Crippen LogP contribution in [0.15, 0.2) is 18.3 Å². The number of likely N-dealkylation sites (tertiary alicyclic amines) is 2. The fourth-order valence-corrected chi connectivity index (χ4v) is 4.39. The van der Waals surface area contributed by atoms with Crippen LogP contribution < -0.4 is 0 Å². The van der Waals surface area contributed by atoms with Crippen molar-refractivity contribution in [1.82, 2.24) is 14.4 Å². The summed E-state index contributed by atoms with van der Waals surface area (Å²) in [6.07, 6.45) is 8.13. The topological polar surface area (TPSA) is 45.6 Å². The van der Waals surface area contributed by atoms with E-state index in [1.165, 1.54) is 12.8 Å². The molecular formula is C19H27N3O2. The van der Waals surface area contributed by atoms with Gasteiger partial charge in [-0.1, -0.05) is 0 Å². The van der Waals surface area contributed by atoms with Crippen molar-refractivity contribution >= 4 is 11.8 Å². The summed E-state index contributed by atoms with van der Waals surface area (Å²) in [5.74, 6) is 0.477. The second-order valence-electron chi connectivity index (χ2n) is 7.73. The second-order valence-corrected chi connectivity index (χ2v) is 7.73. The molecule has 2 aliphatic heterocycles. The van der Waals surface area contributed by atoms with Gasteiger partial charge in [0.2, 0.25) is 5.91 Å². The molecule has 1 aliphatic carbocycles. The Morgan fingerprint density at radius 3 is 2.67 bits per heavy atom. The van der Waals surface area contributed by atoms with E-state index in [-0.39, 0.29) is 11.3 Å². The highest BCUT2D eigenvalue weighted by Crippen LogP contribution is 2.41. The normalized spacial score (nSPS) is 23.8. The second kappa shape index (κ2) is 5.94. The van der Waals surface area contributed by atoms with Gasteiger partial charge in [0, 0.05) is 44.8 Å². The minimum atomic E-state index is 0.181. The highest BCUT2D eigenvalue weighted by atomic mass is 16.2. The fourth-order valence-electron chi connectivity index (χ4n) is 4.39. The van der Waals surface area contributed by atoms with Crippen molar-refractivity contribution in [2.75, 3.05) is 26.2 Å².